The summed E-state index contributed by atoms with van der Waals surface area (Å²) in [5.74, 6) is 0.718. The number of ether oxygens (including phenoxy) is 2. The molecule has 1 aromatic rings. The number of nitrogens with one attached hydrogen (secondary N) is 2. The molecule has 1 aromatic carbocycles. The van der Waals surface area contributed by atoms with Gasteiger partial charge in [-0.3, -0.25) is 0 Å². The molecule has 0 spiro atoms. The minimum absolute atomic E-state index is 0. The van der Waals surface area contributed by atoms with Gasteiger partial charge in [-0.05, 0) is 37.1 Å². The predicted molar refractivity (Wildman–Crippen MR) is 89.7 cm³/mol. The first-order valence-corrected chi connectivity index (χ1v) is 8.25. The van der Waals surface area contributed by atoms with Gasteiger partial charge in [0.15, 0.2) is 0 Å². The van der Waals surface area contributed by atoms with Gasteiger partial charge in [0.1, 0.15) is 5.75 Å². The first-order valence-electron chi connectivity index (χ1n) is 6.77. The zero-order valence-corrected chi connectivity index (χ0v) is 15.1. The van der Waals surface area contributed by atoms with Gasteiger partial charge in [-0.15, -0.1) is 12.4 Å². The zero-order chi connectivity index (χ0) is 15.9. The molecule has 0 aliphatic carbocycles. The van der Waals surface area contributed by atoms with Gasteiger partial charge in [-0.2, -0.15) is 0 Å². The van der Waals surface area contributed by atoms with Crippen LogP contribution in [0.3, 0.4) is 0 Å². The molecule has 0 saturated heterocycles. The summed E-state index contributed by atoms with van der Waals surface area (Å²) in [6.45, 7) is 5.84. The van der Waals surface area contributed by atoms with Gasteiger partial charge in [-0.1, -0.05) is 0 Å². The average molecular weight is 353 g/mol. The molecule has 0 saturated carbocycles. The van der Waals surface area contributed by atoms with Crippen LogP contribution in [0, 0.1) is 13.8 Å². The molecule has 2 N–H and O–H groups in total. The molecule has 8 heteroatoms. The maximum Gasteiger partial charge on any atom is 0.240 e. The Morgan fingerprint density at radius 2 is 1.64 bits per heavy atom. The molecule has 0 aliphatic heterocycles. The van der Waals surface area contributed by atoms with Crippen LogP contribution < -0.4 is 14.8 Å². The predicted octanol–water partition coefficient (Wildman–Crippen LogP) is 1.25. The lowest BCUT2D eigenvalue weighted by Crippen LogP contribution is -2.33. The van der Waals surface area contributed by atoms with Crippen LogP contribution >= 0.6 is 12.4 Å². The first-order chi connectivity index (χ1) is 9.92. The van der Waals surface area contributed by atoms with Crippen LogP contribution in [0.15, 0.2) is 17.0 Å². The summed E-state index contributed by atoms with van der Waals surface area (Å²) >= 11 is 0. The fraction of sp³-hybridized carbons (Fsp3) is 0.571. The molecule has 0 bridgehead atoms. The van der Waals surface area contributed by atoms with Gasteiger partial charge < -0.3 is 14.8 Å². The smallest absolute Gasteiger partial charge is 0.240 e. The highest BCUT2D eigenvalue weighted by Gasteiger charge is 2.16. The maximum atomic E-state index is 12.2. The van der Waals surface area contributed by atoms with Crippen molar-refractivity contribution >= 4 is 22.4 Å². The summed E-state index contributed by atoms with van der Waals surface area (Å²) in [5.41, 5.74) is 1.60. The normalized spacial score (nSPS) is 11.1. The molecule has 0 aromatic heterocycles. The highest BCUT2D eigenvalue weighted by Crippen LogP contribution is 2.26. The Morgan fingerprint density at radius 3 is 2.14 bits per heavy atom. The maximum absolute atomic E-state index is 12.2. The largest absolute Gasteiger partial charge is 0.496 e. The summed E-state index contributed by atoms with van der Waals surface area (Å²) in [4.78, 5) is 0.259. The summed E-state index contributed by atoms with van der Waals surface area (Å²) in [6.07, 6.45) is 0. The number of hydrogen-bond donors (Lipinski definition) is 2. The Kier molecular flexibility index (Phi) is 9.63. The van der Waals surface area contributed by atoms with E-state index < -0.39 is 10.0 Å². The third-order valence-corrected chi connectivity index (χ3v) is 4.47. The van der Waals surface area contributed by atoms with E-state index in [1.54, 1.807) is 26.4 Å². The van der Waals surface area contributed by atoms with Gasteiger partial charge in [0.25, 0.3) is 0 Å². The Labute approximate surface area is 139 Å². The Bertz CT molecular complexity index is 541. The van der Waals surface area contributed by atoms with E-state index in [1.165, 1.54) is 0 Å². The molecule has 0 radical (unpaired) electrons. The van der Waals surface area contributed by atoms with Crippen molar-refractivity contribution in [3.05, 3.63) is 23.3 Å². The number of halogens is 1. The van der Waals surface area contributed by atoms with Gasteiger partial charge in [-0.25, -0.2) is 13.1 Å². The average Bonchev–Trinajstić information content (AvgIpc) is 2.42. The number of aryl methyl sites for hydroxylation is 2. The fourth-order valence-corrected chi connectivity index (χ4v) is 3.25. The second kappa shape index (κ2) is 10.0. The van der Waals surface area contributed by atoms with Crippen molar-refractivity contribution in [2.24, 2.45) is 0 Å². The Balaban J connectivity index is 0.00000441. The zero-order valence-electron chi connectivity index (χ0n) is 13.4. The number of sulfonamides is 1. The minimum atomic E-state index is -3.50. The number of rotatable bonds is 9. The lowest BCUT2D eigenvalue weighted by atomic mass is 10.1. The molecule has 0 unspecified atom stereocenters. The van der Waals surface area contributed by atoms with Crippen molar-refractivity contribution < 1.29 is 17.9 Å². The van der Waals surface area contributed by atoms with Crippen molar-refractivity contribution in [3.8, 4) is 5.75 Å². The van der Waals surface area contributed by atoms with E-state index in [4.69, 9.17) is 9.47 Å². The summed E-state index contributed by atoms with van der Waals surface area (Å²) < 4.78 is 37.1. The second-order valence-corrected chi connectivity index (χ2v) is 6.50. The van der Waals surface area contributed by atoms with E-state index in [1.807, 2.05) is 13.8 Å². The molecule has 0 heterocycles. The Morgan fingerprint density at radius 1 is 1.05 bits per heavy atom. The van der Waals surface area contributed by atoms with Gasteiger partial charge in [0.05, 0.1) is 18.6 Å². The lowest BCUT2D eigenvalue weighted by Gasteiger charge is -2.12. The molecular formula is C14H25ClN2O4S. The molecule has 128 valence electrons. The first kappa shape index (κ1) is 21.1. The molecule has 0 atom stereocenters. The minimum Gasteiger partial charge on any atom is -0.496 e. The monoisotopic (exact) mass is 352 g/mol. The summed E-state index contributed by atoms with van der Waals surface area (Å²) in [7, 11) is -0.299. The lowest BCUT2D eigenvalue weighted by molar-refractivity contribution is 0.199. The van der Waals surface area contributed by atoms with E-state index in [9.17, 15) is 8.42 Å². The summed E-state index contributed by atoms with van der Waals surface area (Å²) in [5, 5.41) is 3.08. The van der Waals surface area contributed by atoms with E-state index in [-0.39, 0.29) is 17.3 Å². The van der Waals surface area contributed by atoms with E-state index in [2.05, 4.69) is 10.0 Å². The highest BCUT2D eigenvalue weighted by atomic mass is 35.5. The molecule has 0 fully saturated rings. The van der Waals surface area contributed by atoms with Crippen LogP contribution in [-0.4, -0.2) is 48.9 Å². The molecule has 0 amide bonds. The van der Waals surface area contributed by atoms with Crippen molar-refractivity contribution in [1.82, 2.24) is 10.0 Å². The molecule has 22 heavy (non-hydrogen) atoms. The number of hydrogen-bond acceptors (Lipinski definition) is 5. The quantitative estimate of drug-likeness (QED) is 0.654. The Hall–Kier alpha value is -0.860. The molecule has 1 rings (SSSR count). The molecule has 0 aliphatic rings. The van der Waals surface area contributed by atoms with Crippen LogP contribution in [0.2, 0.25) is 0 Å². The van der Waals surface area contributed by atoms with Crippen LogP contribution in [0.1, 0.15) is 11.1 Å². The van der Waals surface area contributed by atoms with E-state index in [0.29, 0.717) is 26.2 Å². The van der Waals surface area contributed by atoms with Gasteiger partial charge in [0.2, 0.25) is 10.0 Å². The van der Waals surface area contributed by atoms with Crippen molar-refractivity contribution in [1.29, 1.82) is 0 Å². The van der Waals surface area contributed by atoms with Crippen molar-refractivity contribution in [2.45, 2.75) is 18.7 Å². The number of benzene rings is 1. The van der Waals surface area contributed by atoms with Gasteiger partial charge in [0, 0.05) is 26.7 Å². The van der Waals surface area contributed by atoms with E-state index in [0.717, 1.165) is 16.9 Å². The highest BCUT2D eigenvalue weighted by molar-refractivity contribution is 7.89. The second-order valence-electron chi connectivity index (χ2n) is 4.73. The van der Waals surface area contributed by atoms with Crippen LogP contribution in [0.25, 0.3) is 0 Å². The standard InChI is InChI=1S/C14H24N2O4S.ClH/c1-11-9-13(10-12(2)14(11)20-4)21(17,18)16-6-5-15-7-8-19-3;/h9-10,15-16H,5-8H2,1-4H3;1H. The van der Waals surface area contributed by atoms with Crippen LogP contribution in [0.5, 0.6) is 5.75 Å². The topological polar surface area (TPSA) is 76.7 Å². The van der Waals surface area contributed by atoms with Crippen LogP contribution in [0.4, 0.5) is 0 Å². The SMILES string of the molecule is COCCNCCNS(=O)(=O)c1cc(C)c(OC)c(C)c1.Cl. The van der Waals surface area contributed by atoms with Gasteiger partial charge >= 0.3 is 0 Å². The van der Waals surface area contributed by atoms with Crippen molar-refractivity contribution in [3.63, 3.8) is 0 Å². The van der Waals surface area contributed by atoms with E-state index >= 15 is 0 Å². The third kappa shape index (κ3) is 6.10. The molecule has 6 nitrogen and oxygen atoms in total. The summed E-state index contributed by atoms with van der Waals surface area (Å²) in [6, 6.07) is 3.24. The molecular weight excluding hydrogens is 328 g/mol. The van der Waals surface area contributed by atoms with Crippen LogP contribution in [-0.2, 0) is 14.8 Å². The van der Waals surface area contributed by atoms with Crippen molar-refractivity contribution in [2.75, 3.05) is 40.5 Å². The third-order valence-electron chi connectivity index (χ3n) is 3.03. The number of methoxy groups -OCH3 is 2. The fourth-order valence-electron chi connectivity index (χ4n) is 2.04.